The molecule has 0 atom stereocenters. The van der Waals surface area contributed by atoms with Crippen molar-refractivity contribution in [1.29, 1.82) is 0 Å². The maximum absolute atomic E-state index is 2.45. The first kappa shape index (κ1) is 34.1. The van der Waals surface area contributed by atoms with Crippen molar-refractivity contribution >= 4 is 49.4 Å². The molecule has 10 aromatic rings. The molecule has 1 aliphatic carbocycles. The minimum absolute atomic E-state index is 0.121. The summed E-state index contributed by atoms with van der Waals surface area (Å²) in [5, 5.41) is 7.74. The highest BCUT2D eigenvalue weighted by Gasteiger charge is 2.35. The van der Waals surface area contributed by atoms with Crippen LogP contribution in [0, 0.1) is 0 Å². The second-order valence-electron chi connectivity index (χ2n) is 16.1. The molecule has 0 fully saturated rings. The third-order valence-electron chi connectivity index (χ3n) is 12.4. The van der Waals surface area contributed by atoms with Gasteiger partial charge in [-0.2, -0.15) is 0 Å². The number of nitrogens with zero attached hydrogens (tertiary/aromatic N) is 1. The van der Waals surface area contributed by atoms with Crippen LogP contribution in [0.1, 0.15) is 25.0 Å². The average molecular weight is 740 g/mol. The van der Waals surface area contributed by atoms with E-state index in [4.69, 9.17) is 0 Å². The number of anilines is 3. The number of hydrogen-bond acceptors (Lipinski definition) is 1. The van der Waals surface area contributed by atoms with Gasteiger partial charge in [-0.15, -0.1) is 0 Å². The molecule has 0 unspecified atom stereocenters. The van der Waals surface area contributed by atoms with Crippen LogP contribution in [0.2, 0.25) is 0 Å². The van der Waals surface area contributed by atoms with Crippen LogP contribution in [0.25, 0.3) is 76.8 Å². The van der Waals surface area contributed by atoms with Crippen LogP contribution < -0.4 is 4.90 Å². The van der Waals surface area contributed by atoms with Gasteiger partial charge < -0.3 is 4.90 Å². The van der Waals surface area contributed by atoms with Crippen LogP contribution in [-0.4, -0.2) is 0 Å². The molecular weight excluding hydrogens is 699 g/mol. The van der Waals surface area contributed by atoms with Gasteiger partial charge in [-0.1, -0.05) is 178 Å². The Bertz CT molecular complexity index is 3080. The lowest BCUT2D eigenvalue weighted by Gasteiger charge is -2.29. The van der Waals surface area contributed by atoms with E-state index in [1.807, 2.05) is 0 Å². The molecule has 0 bridgehead atoms. The first-order valence-corrected chi connectivity index (χ1v) is 20.3. The smallest absolute Gasteiger partial charge is 0.0473 e. The molecule has 0 heterocycles. The monoisotopic (exact) mass is 739 g/mol. The minimum atomic E-state index is -0.121. The molecule has 1 nitrogen and oxygen atoms in total. The predicted octanol–water partition coefficient (Wildman–Crippen LogP) is 15.9. The molecule has 0 amide bonds. The van der Waals surface area contributed by atoms with Gasteiger partial charge in [0.25, 0.3) is 0 Å². The van der Waals surface area contributed by atoms with Crippen molar-refractivity contribution in [3.63, 3.8) is 0 Å². The largest absolute Gasteiger partial charge is 0.310 e. The lowest BCUT2D eigenvalue weighted by atomic mass is 9.82. The maximum atomic E-state index is 2.45. The zero-order valence-electron chi connectivity index (χ0n) is 32.7. The zero-order valence-corrected chi connectivity index (χ0v) is 32.7. The zero-order chi connectivity index (χ0) is 38.8. The van der Waals surface area contributed by atoms with Crippen LogP contribution in [0.15, 0.2) is 212 Å². The standard InChI is InChI=1S/C57H41N/c1-57(2)55-24-14-13-23-52(55)53-32-30-45(37-56(53)57)58(46-34-42(38-15-5-3-6-16-38)33-43(35-46)39-17-7-4-8-18-39)44-28-25-40(26-29-44)41-27-31-51-49-21-10-9-19-47(49)48-20-11-12-22-50(48)54(51)36-41/h3-37H,1-2H3. The van der Waals surface area contributed by atoms with Crippen LogP contribution in [0.4, 0.5) is 17.1 Å². The average Bonchev–Trinajstić information content (AvgIpc) is 3.52. The lowest BCUT2D eigenvalue weighted by molar-refractivity contribution is 0.660. The van der Waals surface area contributed by atoms with Gasteiger partial charge in [0.1, 0.15) is 0 Å². The Balaban J connectivity index is 1.09. The number of rotatable bonds is 6. The second-order valence-corrected chi connectivity index (χ2v) is 16.1. The predicted molar refractivity (Wildman–Crippen MR) is 248 cm³/mol. The van der Waals surface area contributed by atoms with E-state index in [0.717, 1.165) is 17.1 Å². The van der Waals surface area contributed by atoms with Crippen molar-refractivity contribution in [2.24, 2.45) is 0 Å². The van der Waals surface area contributed by atoms with Crippen molar-refractivity contribution in [2.45, 2.75) is 19.3 Å². The Hall–Kier alpha value is -7.22. The van der Waals surface area contributed by atoms with Crippen LogP contribution in [-0.2, 0) is 5.41 Å². The summed E-state index contributed by atoms with van der Waals surface area (Å²) in [6.45, 7) is 4.72. The highest BCUT2D eigenvalue weighted by molar-refractivity contribution is 6.25. The van der Waals surface area contributed by atoms with Crippen molar-refractivity contribution in [2.75, 3.05) is 4.90 Å². The second kappa shape index (κ2) is 13.5. The normalized spacial score (nSPS) is 12.8. The number of hydrogen-bond donors (Lipinski definition) is 0. The third kappa shape index (κ3) is 5.54. The van der Waals surface area contributed by atoms with Crippen LogP contribution >= 0.6 is 0 Å². The fourth-order valence-corrected chi connectivity index (χ4v) is 9.50. The number of fused-ring (bicyclic) bond motifs is 9. The Morgan fingerprint density at radius 1 is 0.276 bits per heavy atom. The molecule has 58 heavy (non-hydrogen) atoms. The van der Waals surface area contributed by atoms with E-state index in [1.165, 1.54) is 88.0 Å². The first-order valence-electron chi connectivity index (χ1n) is 20.3. The van der Waals surface area contributed by atoms with E-state index in [-0.39, 0.29) is 5.41 Å². The summed E-state index contributed by atoms with van der Waals surface area (Å²) in [5.74, 6) is 0. The topological polar surface area (TPSA) is 3.24 Å². The maximum Gasteiger partial charge on any atom is 0.0473 e. The van der Waals surface area contributed by atoms with E-state index in [9.17, 15) is 0 Å². The molecule has 0 spiro atoms. The van der Waals surface area contributed by atoms with Gasteiger partial charge in [0.2, 0.25) is 0 Å². The van der Waals surface area contributed by atoms with E-state index in [1.54, 1.807) is 0 Å². The van der Waals surface area contributed by atoms with Gasteiger partial charge in [-0.25, -0.2) is 0 Å². The molecule has 11 rings (SSSR count). The Kier molecular flexibility index (Phi) is 7.91. The van der Waals surface area contributed by atoms with Gasteiger partial charge in [0.15, 0.2) is 0 Å². The fraction of sp³-hybridized carbons (Fsp3) is 0.0526. The van der Waals surface area contributed by atoms with E-state index in [2.05, 4.69) is 231 Å². The third-order valence-corrected chi connectivity index (χ3v) is 12.4. The molecule has 0 saturated carbocycles. The summed E-state index contributed by atoms with van der Waals surface area (Å²) in [5.41, 5.74) is 15.8. The quantitative estimate of drug-likeness (QED) is 0.154. The van der Waals surface area contributed by atoms with E-state index < -0.39 is 0 Å². The van der Waals surface area contributed by atoms with Gasteiger partial charge in [0.05, 0.1) is 0 Å². The summed E-state index contributed by atoms with van der Waals surface area (Å²) >= 11 is 0. The summed E-state index contributed by atoms with van der Waals surface area (Å²) in [7, 11) is 0. The molecule has 0 aliphatic heterocycles. The molecular formula is C57H41N. The molecule has 0 aromatic heterocycles. The minimum Gasteiger partial charge on any atom is -0.310 e. The van der Waals surface area contributed by atoms with Gasteiger partial charge >= 0.3 is 0 Å². The van der Waals surface area contributed by atoms with Crippen LogP contribution in [0.5, 0.6) is 0 Å². The molecule has 10 aromatic carbocycles. The van der Waals surface area contributed by atoms with Crippen molar-refractivity contribution in [1.82, 2.24) is 0 Å². The summed E-state index contributed by atoms with van der Waals surface area (Å²) in [4.78, 5) is 2.45. The van der Waals surface area contributed by atoms with E-state index in [0.29, 0.717) is 0 Å². The first-order chi connectivity index (χ1) is 28.5. The van der Waals surface area contributed by atoms with Crippen molar-refractivity contribution < 1.29 is 0 Å². The fourth-order valence-electron chi connectivity index (χ4n) is 9.50. The summed E-state index contributed by atoms with van der Waals surface area (Å²) in [6, 6.07) is 78.2. The van der Waals surface area contributed by atoms with Crippen LogP contribution in [0.3, 0.4) is 0 Å². The van der Waals surface area contributed by atoms with Crippen molar-refractivity contribution in [3.05, 3.63) is 223 Å². The Morgan fingerprint density at radius 3 is 1.36 bits per heavy atom. The number of benzene rings is 10. The highest BCUT2D eigenvalue weighted by Crippen LogP contribution is 2.51. The molecule has 0 radical (unpaired) electrons. The molecule has 274 valence electrons. The summed E-state index contributed by atoms with van der Waals surface area (Å²) < 4.78 is 0. The van der Waals surface area contributed by atoms with Gasteiger partial charge in [0, 0.05) is 22.5 Å². The Labute approximate surface area is 340 Å². The van der Waals surface area contributed by atoms with E-state index >= 15 is 0 Å². The summed E-state index contributed by atoms with van der Waals surface area (Å²) in [6.07, 6.45) is 0. The van der Waals surface area contributed by atoms with Crippen molar-refractivity contribution in [3.8, 4) is 44.5 Å². The van der Waals surface area contributed by atoms with Gasteiger partial charge in [-0.05, 0) is 136 Å². The molecule has 0 saturated heterocycles. The Morgan fingerprint density at radius 2 is 0.741 bits per heavy atom. The molecule has 1 heteroatoms. The highest BCUT2D eigenvalue weighted by atomic mass is 15.1. The lowest BCUT2D eigenvalue weighted by Crippen LogP contribution is -2.16. The van der Waals surface area contributed by atoms with Gasteiger partial charge in [-0.3, -0.25) is 0 Å². The SMILES string of the molecule is CC1(C)c2ccccc2-c2ccc(N(c3ccc(-c4ccc5c6ccccc6c6ccccc6c5c4)cc3)c3cc(-c4ccccc4)cc(-c4ccccc4)c3)cc21. The molecule has 1 aliphatic rings. The molecule has 0 N–H and O–H groups in total.